The van der Waals surface area contributed by atoms with Gasteiger partial charge in [-0.1, -0.05) is 39.7 Å². The second-order valence-electron chi connectivity index (χ2n) is 8.07. The lowest BCUT2D eigenvalue weighted by molar-refractivity contribution is -0.122. The van der Waals surface area contributed by atoms with Gasteiger partial charge < -0.3 is 18.9 Å². The number of halogens is 3. The Bertz CT molecular complexity index is 1490. The van der Waals surface area contributed by atoms with Crippen molar-refractivity contribution < 1.29 is 33.3 Å². The van der Waals surface area contributed by atoms with Gasteiger partial charge in [-0.3, -0.25) is 14.9 Å². The summed E-state index contributed by atoms with van der Waals surface area (Å²) in [5.74, 6) is -0.563. The van der Waals surface area contributed by atoms with Crippen LogP contribution in [0.3, 0.4) is 0 Å². The number of urea groups is 1. The molecule has 1 fully saturated rings. The number of rotatable bonds is 8. The van der Waals surface area contributed by atoms with E-state index in [2.05, 4.69) is 37.2 Å². The molecular weight excluding hydrogens is 660 g/mol. The minimum absolute atomic E-state index is 0.0510. The summed E-state index contributed by atoms with van der Waals surface area (Å²) in [5.41, 5.74) is 1.16. The first kappa shape index (κ1) is 28.5. The Balaban J connectivity index is 1.68. The molecule has 1 saturated heterocycles. The van der Waals surface area contributed by atoms with Gasteiger partial charge in [0, 0.05) is 16.6 Å². The minimum Gasteiger partial charge on any atom is -0.495 e. The molecule has 1 aliphatic heterocycles. The van der Waals surface area contributed by atoms with Gasteiger partial charge in [0.15, 0.2) is 11.5 Å². The average molecular weight is 681 g/mol. The number of carbonyl (C=O) groups excluding carboxylic acids is 3. The summed E-state index contributed by atoms with van der Waals surface area (Å²) in [6.07, 6.45) is 1.35. The largest absolute Gasteiger partial charge is 0.495 e. The van der Waals surface area contributed by atoms with E-state index in [1.165, 1.54) is 39.5 Å². The number of imide groups is 2. The zero-order chi connectivity index (χ0) is 28.3. The molecule has 9 nitrogen and oxygen atoms in total. The predicted octanol–water partition coefficient (Wildman–Crippen LogP) is 6.14. The van der Waals surface area contributed by atoms with Crippen molar-refractivity contribution >= 4 is 73.1 Å². The molecule has 3 aromatic rings. The first-order valence-electron chi connectivity index (χ1n) is 11.2. The van der Waals surface area contributed by atoms with Crippen molar-refractivity contribution in [1.82, 2.24) is 5.32 Å². The highest BCUT2D eigenvalue weighted by Crippen LogP contribution is 2.40. The summed E-state index contributed by atoms with van der Waals surface area (Å²) in [6, 6.07) is 12.8. The van der Waals surface area contributed by atoms with Crippen molar-refractivity contribution in [2.24, 2.45) is 0 Å². The van der Waals surface area contributed by atoms with E-state index in [1.54, 1.807) is 12.1 Å². The molecule has 0 radical (unpaired) electrons. The van der Waals surface area contributed by atoms with Gasteiger partial charge in [0.25, 0.3) is 11.8 Å². The lowest BCUT2D eigenvalue weighted by atomic mass is 10.1. The van der Waals surface area contributed by atoms with Crippen molar-refractivity contribution in [3.8, 4) is 23.0 Å². The van der Waals surface area contributed by atoms with Crippen LogP contribution in [0.15, 0.2) is 63.0 Å². The molecule has 12 heteroatoms. The molecule has 1 aliphatic rings. The summed E-state index contributed by atoms with van der Waals surface area (Å²) in [7, 11) is 4.23. The molecule has 0 atom stereocenters. The maximum absolute atomic E-state index is 13.5. The van der Waals surface area contributed by atoms with Crippen molar-refractivity contribution in [3.63, 3.8) is 0 Å². The fraction of sp³-hybridized carbons (Fsp3) is 0.148. The maximum Gasteiger partial charge on any atom is 0.336 e. The number of methoxy groups -OCH3 is 3. The van der Waals surface area contributed by atoms with E-state index >= 15 is 0 Å². The number of carbonyl (C=O) groups is 3. The number of hydrogen-bond acceptors (Lipinski definition) is 7. The molecule has 39 heavy (non-hydrogen) atoms. The van der Waals surface area contributed by atoms with Crippen molar-refractivity contribution in [2.45, 2.75) is 6.61 Å². The van der Waals surface area contributed by atoms with Gasteiger partial charge in [-0.2, -0.15) is 0 Å². The molecule has 3 aromatic carbocycles. The van der Waals surface area contributed by atoms with Crippen LogP contribution in [-0.4, -0.2) is 39.2 Å². The molecule has 0 bridgehead atoms. The number of barbiturate groups is 1. The molecule has 0 spiro atoms. The van der Waals surface area contributed by atoms with Crippen LogP contribution >= 0.6 is 43.5 Å². The van der Waals surface area contributed by atoms with Gasteiger partial charge in [-0.15, -0.1) is 0 Å². The van der Waals surface area contributed by atoms with E-state index in [-0.39, 0.29) is 34.4 Å². The van der Waals surface area contributed by atoms with Crippen LogP contribution in [0.1, 0.15) is 11.1 Å². The minimum atomic E-state index is -0.944. The first-order valence-corrected chi connectivity index (χ1v) is 13.2. The Labute approximate surface area is 245 Å². The summed E-state index contributed by atoms with van der Waals surface area (Å²) >= 11 is 13.1. The van der Waals surface area contributed by atoms with Gasteiger partial charge in [0.05, 0.1) is 36.5 Å². The highest BCUT2D eigenvalue weighted by Gasteiger charge is 2.38. The van der Waals surface area contributed by atoms with Gasteiger partial charge in [-0.25, -0.2) is 9.69 Å². The second-order valence-corrected chi connectivity index (χ2v) is 10.2. The number of hydrogen-bond donors (Lipinski definition) is 1. The van der Waals surface area contributed by atoms with Gasteiger partial charge in [0.1, 0.15) is 23.7 Å². The van der Waals surface area contributed by atoms with Crippen LogP contribution in [0.4, 0.5) is 10.5 Å². The smallest absolute Gasteiger partial charge is 0.336 e. The van der Waals surface area contributed by atoms with Gasteiger partial charge in [0.2, 0.25) is 0 Å². The first-order chi connectivity index (χ1) is 18.7. The standard InChI is InChI=1S/C27H21Br2ClN2O7/c1-36-21-12-20(22(37-2)11-19(21)30)32-26(34)17(25(33)31-27(32)35)8-15-9-18(29)24(23(10-15)38-3)39-13-14-4-6-16(28)7-5-14/h4-12H,13H2,1-3H3,(H,31,33,35)/b17-8+. The molecule has 0 aliphatic carbocycles. The van der Waals surface area contributed by atoms with E-state index in [4.69, 9.17) is 30.5 Å². The van der Waals surface area contributed by atoms with E-state index in [0.29, 0.717) is 21.5 Å². The molecule has 0 aromatic heterocycles. The van der Waals surface area contributed by atoms with Crippen LogP contribution in [-0.2, 0) is 16.2 Å². The summed E-state index contributed by atoms with van der Waals surface area (Å²) in [6.45, 7) is 0.285. The Morgan fingerprint density at radius 3 is 2.21 bits per heavy atom. The summed E-state index contributed by atoms with van der Waals surface area (Å²) < 4.78 is 23.5. The van der Waals surface area contributed by atoms with Gasteiger partial charge in [-0.05, 0) is 57.4 Å². The predicted molar refractivity (Wildman–Crippen MR) is 153 cm³/mol. The third-order valence-electron chi connectivity index (χ3n) is 5.66. The van der Waals surface area contributed by atoms with Crippen molar-refractivity contribution in [3.05, 3.63) is 79.2 Å². The van der Waals surface area contributed by atoms with Crippen LogP contribution in [0, 0.1) is 0 Å². The average Bonchev–Trinajstić information content (AvgIpc) is 2.91. The Kier molecular flexibility index (Phi) is 8.83. The number of ether oxygens (including phenoxy) is 4. The molecule has 4 rings (SSSR count). The summed E-state index contributed by atoms with van der Waals surface area (Å²) in [5, 5.41) is 2.40. The number of benzene rings is 3. The van der Waals surface area contributed by atoms with Gasteiger partial charge >= 0.3 is 6.03 Å². The topological polar surface area (TPSA) is 103 Å². The quantitative estimate of drug-likeness (QED) is 0.225. The third kappa shape index (κ3) is 6.05. The van der Waals surface area contributed by atoms with E-state index < -0.39 is 17.8 Å². The third-order valence-corrected chi connectivity index (χ3v) is 7.07. The molecule has 1 N–H and O–H groups in total. The molecular formula is C27H21Br2ClN2O7. The maximum atomic E-state index is 13.5. The molecule has 1 heterocycles. The van der Waals surface area contributed by atoms with E-state index in [1.807, 2.05) is 24.3 Å². The normalized spacial score (nSPS) is 14.4. The molecule has 202 valence electrons. The van der Waals surface area contributed by atoms with Crippen molar-refractivity contribution in [1.29, 1.82) is 0 Å². The highest BCUT2D eigenvalue weighted by molar-refractivity contribution is 9.10. The van der Waals surface area contributed by atoms with Crippen LogP contribution in [0.2, 0.25) is 5.02 Å². The Morgan fingerprint density at radius 1 is 0.897 bits per heavy atom. The monoisotopic (exact) mass is 678 g/mol. The number of amides is 4. The van der Waals surface area contributed by atoms with Crippen molar-refractivity contribution in [2.75, 3.05) is 26.2 Å². The molecule has 4 amide bonds. The number of nitrogens with zero attached hydrogens (tertiary/aromatic N) is 1. The molecule has 0 saturated carbocycles. The van der Waals surface area contributed by atoms with Crippen LogP contribution in [0.5, 0.6) is 23.0 Å². The number of anilines is 1. The second kappa shape index (κ2) is 12.1. The fourth-order valence-electron chi connectivity index (χ4n) is 3.76. The zero-order valence-electron chi connectivity index (χ0n) is 20.8. The van der Waals surface area contributed by atoms with Crippen LogP contribution in [0.25, 0.3) is 6.08 Å². The Morgan fingerprint density at radius 2 is 1.56 bits per heavy atom. The SMILES string of the molecule is COc1cc(N2C(=O)NC(=O)/C(=C\c3cc(Br)c(OCc4ccc(Br)cc4)c(OC)c3)C2=O)c(OC)cc1Cl. The highest BCUT2D eigenvalue weighted by atomic mass is 79.9. The molecule has 0 unspecified atom stereocenters. The summed E-state index contributed by atoms with van der Waals surface area (Å²) in [4.78, 5) is 39.7. The van der Waals surface area contributed by atoms with E-state index in [0.717, 1.165) is 14.9 Å². The lowest BCUT2D eigenvalue weighted by Gasteiger charge is -2.28. The number of nitrogens with one attached hydrogen (secondary N) is 1. The zero-order valence-corrected chi connectivity index (χ0v) is 24.8. The lowest BCUT2D eigenvalue weighted by Crippen LogP contribution is -2.54. The van der Waals surface area contributed by atoms with E-state index in [9.17, 15) is 14.4 Å². The van der Waals surface area contributed by atoms with Crippen LogP contribution < -0.4 is 29.2 Å². The fourth-order valence-corrected chi connectivity index (χ4v) is 4.83. The Hall–Kier alpha value is -3.54.